The van der Waals surface area contributed by atoms with Crippen molar-refractivity contribution < 1.29 is 4.74 Å². The Hall–Kier alpha value is -3.50. The Morgan fingerprint density at radius 2 is 1.87 bits per heavy atom. The molecule has 0 amide bonds. The van der Waals surface area contributed by atoms with E-state index in [0.717, 1.165) is 37.6 Å². The second-order valence-electron chi connectivity index (χ2n) is 6.23. The number of hydrogen-bond donors (Lipinski definition) is 1. The first-order chi connectivity index (χ1) is 14.8. The van der Waals surface area contributed by atoms with Gasteiger partial charge in [-0.2, -0.15) is 0 Å². The molecule has 0 spiro atoms. The van der Waals surface area contributed by atoms with Crippen molar-refractivity contribution in [3.63, 3.8) is 0 Å². The van der Waals surface area contributed by atoms with Crippen LogP contribution in [0, 0.1) is 0 Å². The molecule has 0 aliphatic rings. The Labute approximate surface area is 178 Å². The molecular formula is C20H15N7OS2. The van der Waals surface area contributed by atoms with E-state index in [2.05, 4.69) is 35.4 Å². The minimum atomic E-state index is 0.374. The van der Waals surface area contributed by atoms with Crippen LogP contribution in [-0.4, -0.2) is 38.7 Å². The van der Waals surface area contributed by atoms with Crippen molar-refractivity contribution in [2.45, 2.75) is 6.54 Å². The molecule has 8 nitrogen and oxygen atoms in total. The van der Waals surface area contributed by atoms with Gasteiger partial charge in [0.2, 0.25) is 9.93 Å². The maximum Gasteiger partial charge on any atom is 0.231 e. The molecule has 148 valence electrons. The van der Waals surface area contributed by atoms with Gasteiger partial charge in [-0.3, -0.25) is 0 Å². The largest absolute Gasteiger partial charge is 0.496 e. The highest BCUT2D eigenvalue weighted by atomic mass is 32.1. The van der Waals surface area contributed by atoms with Crippen LogP contribution in [0.2, 0.25) is 0 Å². The molecule has 0 saturated heterocycles. The Bertz CT molecular complexity index is 1430. The lowest BCUT2D eigenvalue weighted by atomic mass is 10.2. The highest BCUT2D eigenvalue weighted by Gasteiger charge is 2.07. The van der Waals surface area contributed by atoms with Gasteiger partial charge in [0.25, 0.3) is 0 Å². The summed E-state index contributed by atoms with van der Waals surface area (Å²) in [6, 6.07) is 15.7. The first-order valence-electron chi connectivity index (χ1n) is 9.04. The maximum absolute atomic E-state index is 5.32. The maximum atomic E-state index is 5.32. The number of aromatic nitrogens is 5. The third-order valence-corrected chi connectivity index (χ3v) is 6.04. The number of ether oxygens (including phenoxy) is 1. The number of fused-ring (bicyclic) bond motifs is 3. The van der Waals surface area contributed by atoms with E-state index < -0.39 is 0 Å². The van der Waals surface area contributed by atoms with E-state index in [-0.39, 0.29) is 0 Å². The molecule has 0 aliphatic heterocycles. The van der Waals surface area contributed by atoms with Crippen LogP contribution in [0.15, 0.2) is 58.5 Å². The number of aliphatic imine (C=N–C) groups is 1. The van der Waals surface area contributed by atoms with Crippen LogP contribution >= 0.6 is 22.7 Å². The summed E-state index contributed by atoms with van der Waals surface area (Å²) >= 11 is 2.85. The topological polar surface area (TPSA) is 101 Å². The van der Waals surface area contributed by atoms with Crippen LogP contribution in [0.4, 0.5) is 5.13 Å². The Morgan fingerprint density at radius 3 is 2.80 bits per heavy atom. The number of para-hydroxylation sites is 2. The van der Waals surface area contributed by atoms with Crippen molar-refractivity contribution >= 4 is 55.3 Å². The molecule has 3 aromatic heterocycles. The molecular weight excluding hydrogens is 418 g/mol. The van der Waals surface area contributed by atoms with Gasteiger partial charge in [0, 0.05) is 22.7 Å². The molecule has 3 heterocycles. The molecule has 0 radical (unpaired) electrons. The summed E-state index contributed by atoms with van der Waals surface area (Å²) in [6.07, 6.45) is 1.72. The van der Waals surface area contributed by atoms with Crippen molar-refractivity contribution in [2.24, 2.45) is 9.98 Å². The number of nitrogens with one attached hydrogen (secondary N) is 1. The Balaban J connectivity index is 1.35. The van der Waals surface area contributed by atoms with E-state index >= 15 is 0 Å². The van der Waals surface area contributed by atoms with Gasteiger partial charge >= 0.3 is 0 Å². The average Bonchev–Trinajstić information content (AvgIpc) is 3.40. The molecule has 0 bridgehead atoms. The number of rotatable bonds is 5. The molecule has 0 aliphatic carbocycles. The molecule has 10 heteroatoms. The van der Waals surface area contributed by atoms with Crippen LogP contribution in [0.25, 0.3) is 21.3 Å². The average molecular weight is 434 g/mol. The van der Waals surface area contributed by atoms with Gasteiger partial charge in [0.05, 0.1) is 13.7 Å². The summed E-state index contributed by atoms with van der Waals surface area (Å²) in [4.78, 5) is 13.8. The van der Waals surface area contributed by atoms with Gasteiger partial charge in [-0.25, -0.2) is 9.98 Å². The lowest BCUT2D eigenvalue weighted by molar-refractivity contribution is 0.414. The van der Waals surface area contributed by atoms with Crippen molar-refractivity contribution in [1.82, 2.24) is 25.4 Å². The number of hydrogen-bond acceptors (Lipinski definition) is 9. The highest BCUT2D eigenvalue weighted by molar-refractivity contribution is 7.15. The SMILES string of the molecule is COc1ccccc1C=Nc1nnc(CN=c2nnc3c([nH]c4ccccc43)s2)s1. The van der Waals surface area contributed by atoms with Crippen LogP contribution in [-0.2, 0) is 6.54 Å². The van der Waals surface area contributed by atoms with E-state index in [4.69, 9.17) is 4.74 Å². The Kier molecular flexibility index (Phi) is 4.99. The standard InChI is InChI=1S/C20H15N7OS2/c1-28-15-9-5-2-6-12(15)10-21-19-26-24-16(29-19)11-22-20-27-25-17-13-7-3-4-8-14(13)23-18(17)30-20/h2-10,23H,11H2,1H3. The molecule has 5 aromatic rings. The summed E-state index contributed by atoms with van der Waals surface area (Å²) in [5.74, 6) is 0.758. The van der Waals surface area contributed by atoms with E-state index in [1.807, 2.05) is 48.5 Å². The number of nitrogens with zero attached hydrogens (tertiary/aromatic N) is 6. The third-order valence-electron chi connectivity index (χ3n) is 4.33. The lowest BCUT2D eigenvalue weighted by Crippen LogP contribution is -2.05. The van der Waals surface area contributed by atoms with Crippen molar-refractivity contribution in [2.75, 3.05) is 7.11 Å². The first kappa shape index (κ1) is 18.5. The van der Waals surface area contributed by atoms with E-state index in [1.54, 1.807) is 13.3 Å². The normalized spacial score (nSPS) is 12.4. The van der Waals surface area contributed by atoms with E-state index in [1.165, 1.54) is 22.7 Å². The molecule has 30 heavy (non-hydrogen) atoms. The Morgan fingerprint density at radius 1 is 1.00 bits per heavy atom. The number of methoxy groups -OCH3 is 1. The fourth-order valence-corrected chi connectivity index (χ4v) is 4.35. The number of H-pyrrole nitrogens is 1. The van der Waals surface area contributed by atoms with Crippen molar-refractivity contribution in [3.8, 4) is 5.75 Å². The summed E-state index contributed by atoms with van der Waals surface area (Å²) < 4.78 is 5.32. The predicted molar refractivity (Wildman–Crippen MR) is 119 cm³/mol. The van der Waals surface area contributed by atoms with Gasteiger partial charge in [0.1, 0.15) is 21.1 Å². The van der Waals surface area contributed by atoms with Crippen LogP contribution in [0.5, 0.6) is 5.75 Å². The quantitative estimate of drug-likeness (QED) is 0.424. The zero-order chi connectivity index (χ0) is 20.3. The molecule has 0 saturated carbocycles. The molecule has 0 unspecified atom stereocenters. The monoisotopic (exact) mass is 433 g/mol. The fourth-order valence-electron chi connectivity index (χ4n) is 2.94. The highest BCUT2D eigenvalue weighted by Crippen LogP contribution is 2.24. The fraction of sp³-hybridized carbons (Fsp3) is 0.100. The molecule has 1 N–H and O–H groups in total. The lowest BCUT2D eigenvalue weighted by Gasteiger charge is -2.01. The van der Waals surface area contributed by atoms with Crippen LogP contribution < -0.4 is 9.54 Å². The minimum absolute atomic E-state index is 0.374. The van der Waals surface area contributed by atoms with E-state index in [0.29, 0.717) is 16.5 Å². The number of aromatic amines is 1. The van der Waals surface area contributed by atoms with Gasteiger partial charge in [-0.1, -0.05) is 53.0 Å². The summed E-state index contributed by atoms with van der Waals surface area (Å²) in [6.45, 7) is 0.374. The van der Waals surface area contributed by atoms with Crippen molar-refractivity contribution in [1.29, 1.82) is 0 Å². The molecule has 5 rings (SSSR count). The first-order valence-corrected chi connectivity index (χ1v) is 10.7. The van der Waals surface area contributed by atoms with Gasteiger partial charge in [0.15, 0.2) is 0 Å². The second kappa shape index (κ2) is 8.09. The minimum Gasteiger partial charge on any atom is -0.496 e. The molecule has 2 aromatic carbocycles. The zero-order valence-electron chi connectivity index (χ0n) is 15.8. The van der Waals surface area contributed by atoms with Crippen molar-refractivity contribution in [3.05, 3.63) is 63.9 Å². The molecule has 0 atom stereocenters. The smallest absolute Gasteiger partial charge is 0.231 e. The number of benzene rings is 2. The predicted octanol–water partition coefficient (Wildman–Crippen LogP) is 3.88. The summed E-state index contributed by atoms with van der Waals surface area (Å²) in [5.41, 5.74) is 2.78. The third kappa shape index (κ3) is 3.70. The van der Waals surface area contributed by atoms with Gasteiger partial charge < -0.3 is 9.72 Å². The van der Waals surface area contributed by atoms with Gasteiger partial charge in [-0.15, -0.1) is 20.4 Å². The van der Waals surface area contributed by atoms with Gasteiger partial charge in [-0.05, 0) is 18.2 Å². The molecule has 0 fully saturated rings. The van der Waals surface area contributed by atoms with E-state index in [9.17, 15) is 0 Å². The van der Waals surface area contributed by atoms with Crippen LogP contribution in [0.3, 0.4) is 0 Å². The summed E-state index contributed by atoms with van der Waals surface area (Å²) in [5, 5.41) is 19.2. The zero-order valence-corrected chi connectivity index (χ0v) is 17.4. The summed E-state index contributed by atoms with van der Waals surface area (Å²) in [7, 11) is 1.63. The second-order valence-corrected chi connectivity index (χ2v) is 8.25. The van der Waals surface area contributed by atoms with Crippen LogP contribution in [0.1, 0.15) is 10.6 Å².